The largest absolute Gasteiger partial charge is 0.411 e. The molecule has 2 aromatic heterocycles. The molecule has 114 valence electrons. The van der Waals surface area contributed by atoms with Gasteiger partial charge in [0.25, 0.3) is 11.1 Å². The Hall–Kier alpha value is -2.22. The zero-order valence-electron chi connectivity index (χ0n) is 11.9. The maximum atomic E-state index is 11.7. The lowest BCUT2D eigenvalue weighted by Gasteiger charge is -1.99. The van der Waals surface area contributed by atoms with Crippen LogP contribution in [0.5, 0.6) is 0 Å². The first-order chi connectivity index (χ1) is 10.8. The third-order valence-corrected chi connectivity index (χ3v) is 4.00. The predicted octanol–water partition coefficient (Wildman–Crippen LogP) is 2.27. The first-order valence-electron chi connectivity index (χ1n) is 7.02. The molecule has 0 saturated heterocycles. The Kier molecular flexibility index (Phi) is 4.79. The average molecular weight is 317 g/mol. The van der Waals surface area contributed by atoms with E-state index in [4.69, 9.17) is 4.42 Å². The van der Waals surface area contributed by atoms with Crippen LogP contribution in [0.2, 0.25) is 0 Å². The van der Waals surface area contributed by atoms with E-state index in [1.807, 2.05) is 0 Å². The maximum Gasteiger partial charge on any atom is 0.277 e. The number of carbonyl (C=O) groups is 1. The molecule has 3 rings (SSSR count). The average Bonchev–Trinajstić information content (AvgIpc) is 3.23. The number of aromatic nitrogens is 3. The Morgan fingerprint density at radius 2 is 2.05 bits per heavy atom. The van der Waals surface area contributed by atoms with Gasteiger partial charge in [-0.25, -0.2) is 5.43 Å². The van der Waals surface area contributed by atoms with Gasteiger partial charge in [-0.3, -0.25) is 9.78 Å². The molecular formula is C14H15N5O2S. The molecule has 1 fully saturated rings. The van der Waals surface area contributed by atoms with E-state index in [2.05, 4.69) is 25.7 Å². The molecule has 2 aromatic rings. The molecule has 0 aliphatic heterocycles. The third-order valence-electron chi connectivity index (χ3n) is 3.18. The summed E-state index contributed by atoms with van der Waals surface area (Å²) in [5, 5.41) is 12.3. The highest BCUT2D eigenvalue weighted by Crippen LogP contribution is 2.22. The summed E-state index contributed by atoms with van der Waals surface area (Å²) in [5.74, 6) is 0.430. The monoisotopic (exact) mass is 317 g/mol. The molecule has 0 bridgehead atoms. The van der Waals surface area contributed by atoms with Crippen LogP contribution in [0.3, 0.4) is 0 Å². The summed E-state index contributed by atoms with van der Waals surface area (Å²) in [6, 6.07) is 3.57. The zero-order chi connectivity index (χ0) is 15.2. The Labute approximate surface area is 131 Å². The Balaban J connectivity index is 1.50. The van der Waals surface area contributed by atoms with Crippen molar-refractivity contribution in [1.29, 1.82) is 0 Å². The van der Waals surface area contributed by atoms with Gasteiger partial charge in [-0.2, -0.15) is 5.10 Å². The van der Waals surface area contributed by atoms with Gasteiger partial charge in [-0.15, -0.1) is 10.2 Å². The standard InChI is InChI=1S/C14H15N5O2S/c20-12(17-16-11-3-1-2-4-11)9-22-14-19-18-13(21-14)10-5-7-15-8-6-10/h5-8H,1-4,9H2,(H,17,20). The van der Waals surface area contributed by atoms with Crippen LogP contribution in [0, 0.1) is 0 Å². The van der Waals surface area contributed by atoms with Gasteiger partial charge in [0.15, 0.2) is 0 Å². The number of thioether (sulfide) groups is 1. The minimum atomic E-state index is -0.173. The number of hydrazone groups is 1. The van der Waals surface area contributed by atoms with Crippen LogP contribution < -0.4 is 5.43 Å². The molecule has 1 aliphatic rings. The van der Waals surface area contributed by atoms with Crippen molar-refractivity contribution in [3.63, 3.8) is 0 Å². The first-order valence-corrected chi connectivity index (χ1v) is 8.01. The summed E-state index contributed by atoms with van der Waals surface area (Å²) in [7, 11) is 0. The number of amides is 1. The van der Waals surface area contributed by atoms with E-state index in [1.54, 1.807) is 24.5 Å². The quantitative estimate of drug-likeness (QED) is 0.671. The van der Waals surface area contributed by atoms with Crippen molar-refractivity contribution in [1.82, 2.24) is 20.6 Å². The van der Waals surface area contributed by atoms with Gasteiger partial charge in [0.1, 0.15) is 0 Å². The number of nitrogens with one attached hydrogen (secondary N) is 1. The van der Waals surface area contributed by atoms with E-state index in [9.17, 15) is 4.79 Å². The highest BCUT2D eigenvalue weighted by atomic mass is 32.2. The molecule has 2 heterocycles. The molecule has 22 heavy (non-hydrogen) atoms. The Morgan fingerprint density at radius 1 is 1.27 bits per heavy atom. The highest BCUT2D eigenvalue weighted by Gasteiger charge is 2.12. The summed E-state index contributed by atoms with van der Waals surface area (Å²) >= 11 is 1.19. The number of pyridine rings is 1. The van der Waals surface area contributed by atoms with Crippen LogP contribution in [0.4, 0.5) is 0 Å². The molecule has 8 heteroatoms. The molecule has 0 atom stereocenters. The van der Waals surface area contributed by atoms with Crippen LogP contribution in [0.25, 0.3) is 11.5 Å². The second-order valence-corrected chi connectivity index (χ2v) is 5.74. The van der Waals surface area contributed by atoms with E-state index >= 15 is 0 Å². The van der Waals surface area contributed by atoms with Crippen molar-refractivity contribution in [3.05, 3.63) is 24.5 Å². The molecule has 1 amide bonds. The van der Waals surface area contributed by atoms with Crippen LogP contribution in [-0.4, -0.2) is 32.6 Å². The molecule has 0 aromatic carbocycles. The van der Waals surface area contributed by atoms with Crippen LogP contribution in [0.1, 0.15) is 25.7 Å². The minimum absolute atomic E-state index is 0.173. The fourth-order valence-corrected chi connectivity index (χ4v) is 2.63. The lowest BCUT2D eigenvalue weighted by atomic mass is 10.3. The lowest BCUT2D eigenvalue weighted by molar-refractivity contribution is -0.118. The van der Waals surface area contributed by atoms with Gasteiger partial charge in [-0.05, 0) is 37.8 Å². The second-order valence-electron chi connectivity index (χ2n) is 4.82. The lowest BCUT2D eigenvalue weighted by Crippen LogP contribution is -2.20. The summed E-state index contributed by atoms with van der Waals surface area (Å²) in [6.07, 6.45) is 7.58. The van der Waals surface area contributed by atoms with Crippen molar-refractivity contribution in [2.24, 2.45) is 5.10 Å². The van der Waals surface area contributed by atoms with Gasteiger partial charge in [0.2, 0.25) is 5.89 Å². The van der Waals surface area contributed by atoms with Gasteiger partial charge < -0.3 is 4.42 Å². The SMILES string of the molecule is O=C(CSc1nnc(-c2ccncc2)o1)NN=C1CCCC1. The third kappa shape index (κ3) is 3.91. The molecule has 1 N–H and O–H groups in total. The van der Waals surface area contributed by atoms with Crippen LogP contribution in [0.15, 0.2) is 39.3 Å². The van der Waals surface area contributed by atoms with Gasteiger partial charge in [0.05, 0.1) is 5.75 Å². The van der Waals surface area contributed by atoms with Crippen LogP contribution >= 0.6 is 11.8 Å². The summed E-state index contributed by atoms with van der Waals surface area (Å²) in [4.78, 5) is 15.6. The first kappa shape index (κ1) is 14.7. The van der Waals surface area contributed by atoms with Crippen molar-refractivity contribution in [3.8, 4) is 11.5 Å². The smallest absolute Gasteiger partial charge is 0.277 e. The molecule has 1 aliphatic carbocycles. The Morgan fingerprint density at radius 3 is 2.82 bits per heavy atom. The van der Waals surface area contributed by atoms with E-state index in [0.29, 0.717) is 11.1 Å². The number of hydrogen-bond donors (Lipinski definition) is 1. The number of rotatable bonds is 5. The summed E-state index contributed by atoms with van der Waals surface area (Å²) in [6.45, 7) is 0. The van der Waals surface area contributed by atoms with Crippen molar-refractivity contribution in [2.45, 2.75) is 30.9 Å². The van der Waals surface area contributed by atoms with Crippen LogP contribution in [-0.2, 0) is 4.79 Å². The summed E-state index contributed by atoms with van der Waals surface area (Å²) < 4.78 is 5.50. The van der Waals surface area contributed by atoms with E-state index in [1.165, 1.54) is 11.8 Å². The maximum absolute atomic E-state index is 11.7. The molecule has 0 spiro atoms. The van der Waals surface area contributed by atoms with Gasteiger partial charge >= 0.3 is 0 Å². The van der Waals surface area contributed by atoms with E-state index in [0.717, 1.165) is 37.0 Å². The van der Waals surface area contributed by atoms with Gasteiger partial charge in [-0.1, -0.05) is 11.8 Å². The molecule has 0 unspecified atom stereocenters. The normalized spacial score (nSPS) is 14.1. The predicted molar refractivity (Wildman–Crippen MR) is 82.3 cm³/mol. The topological polar surface area (TPSA) is 93.3 Å². The van der Waals surface area contributed by atoms with Crippen molar-refractivity contribution in [2.75, 3.05) is 5.75 Å². The molecular weight excluding hydrogens is 302 g/mol. The number of carbonyl (C=O) groups excluding carboxylic acids is 1. The minimum Gasteiger partial charge on any atom is -0.411 e. The highest BCUT2D eigenvalue weighted by molar-refractivity contribution is 7.99. The van der Waals surface area contributed by atoms with Gasteiger partial charge in [0, 0.05) is 23.7 Å². The number of hydrogen-bond acceptors (Lipinski definition) is 7. The van der Waals surface area contributed by atoms with Crippen molar-refractivity contribution < 1.29 is 9.21 Å². The van der Waals surface area contributed by atoms with Crippen molar-refractivity contribution >= 4 is 23.4 Å². The fourth-order valence-electron chi connectivity index (χ4n) is 2.08. The Bertz CT molecular complexity index is 663. The zero-order valence-corrected chi connectivity index (χ0v) is 12.7. The molecule has 0 radical (unpaired) electrons. The molecule has 7 nitrogen and oxygen atoms in total. The second kappa shape index (κ2) is 7.17. The van der Waals surface area contributed by atoms with E-state index in [-0.39, 0.29) is 11.7 Å². The fraction of sp³-hybridized carbons (Fsp3) is 0.357. The van der Waals surface area contributed by atoms with E-state index < -0.39 is 0 Å². The number of nitrogens with zero attached hydrogens (tertiary/aromatic N) is 4. The molecule has 1 saturated carbocycles. The summed E-state index contributed by atoms with van der Waals surface area (Å²) in [5.41, 5.74) is 4.43.